The molecule has 0 unspecified atom stereocenters. The monoisotopic (exact) mass is 283 g/mol. The minimum absolute atomic E-state index is 0.136. The first-order chi connectivity index (χ1) is 8.65. The lowest BCUT2D eigenvalue weighted by molar-refractivity contribution is 0.0923. The number of carbonyl (C=O) groups is 1. The van der Waals surface area contributed by atoms with Crippen molar-refractivity contribution in [3.63, 3.8) is 0 Å². The number of halogens is 2. The van der Waals surface area contributed by atoms with E-state index in [-0.39, 0.29) is 5.91 Å². The van der Waals surface area contributed by atoms with Crippen molar-refractivity contribution in [3.8, 4) is 0 Å². The molecule has 0 spiro atoms. The van der Waals surface area contributed by atoms with Crippen LogP contribution in [-0.2, 0) is 0 Å². The van der Waals surface area contributed by atoms with Crippen LogP contribution in [0.5, 0.6) is 0 Å². The second-order valence-electron chi connectivity index (χ2n) is 5.35. The summed E-state index contributed by atoms with van der Waals surface area (Å²) in [5.74, 6) is 1.32. The molecule has 18 heavy (non-hydrogen) atoms. The summed E-state index contributed by atoms with van der Waals surface area (Å²) < 4.78 is 0. The smallest absolute Gasteiger partial charge is 0.254 e. The molecule has 3 atom stereocenters. The number of amides is 1. The van der Waals surface area contributed by atoms with Gasteiger partial charge in [0, 0.05) is 6.04 Å². The van der Waals surface area contributed by atoms with Gasteiger partial charge in [-0.1, -0.05) is 35.7 Å². The lowest BCUT2D eigenvalue weighted by Crippen LogP contribution is -2.38. The highest BCUT2D eigenvalue weighted by molar-refractivity contribution is 6.39. The van der Waals surface area contributed by atoms with Gasteiger partial charge in [-0.25, -0.2) is 0 Å². The Morgan fingerprint density at radius 2 is 1.89 bits per heavy atom. The van der Waals surface area contributed by atoms with Crippen LogP contribution in [0, 0.1) is 11.8 Å². The van der Waals surface area contributed by atoms with E-state index in [2.05, 4.69) is 5.32 Å². The third-order valence-corrected chi connectivity index (χ3v) is 4.87. The van der Waals surface area contributed by atoms with E-state index >= 15 is 0 Å². The molecule has 1 aromatic carbocycles. The molecule has 2 aliphatic carbocycles. The number of rotatable bonds is 2. The van der Waals surface area contributed by atoms with Crippen LogP contribution in [-0.4, -0.2) is 11.9 Å². The van der Waals surface area contributed by atoms with Crippen molar-refractivity contribution in [1.29, 1.82) is 0 Å². The largest absolute Gasteiger partial charge is 0.349 e. The molecule has 2 fully saturated rings. The molecule has 0 aromatic heterocycles. The molecule has 2 aliphatic rings. The summed E-state index contributed by atoms with van der Waals surface area (Å²) in [5.41, 5.74) is 0.406. The van der Waals surface area contributed by atoms with Crippen molar-refractivity contribution < 1.29 is 4.79 Å². The van der Waals surface area contributed by atoms with E-state index in [1.165, 1.54) is 19.3 Å². The molecule has 1 N–H and O–H groups in total. The molecule has 2 saturated carbocycles. The van der Waals surface area contributed by atoms with Crippen LogP contribution >= 0.6 is 23.2 Å². The quantitative estimate of drug-likeness (QED) is 0.876. The maximum absolute atomic E-state index is 12.2. The van der Waals surface area contributed by atoms with Crippen LogP contribution in [0.25, 0.3) is 0 Å². The first-order valence-electron chi connectivity index (χ1n) is 6.40. The standard InChI is InChI=1S/C14H15Cl2NO/c15-10-2-1-3-11(16)13(10)14(18)17-12-7-8-4-5-9(12)6-8/h1-3,8-9,12H,4-7H2,(H,17,18)/t8-,9-,12-/m0/s1. The Morgan fingerprint density at radius 3 is 2.44 bits per heavy atom. The van der Waals surface area contributed by atoms with Crippen molar-refractivity contribution in [2.45, 2.75) is 31.7 Å². The van der Waals surface area contributed by atoms with E-state index in [1.54, 1.807) is 18.2 Å². The fourth-order valence-corrected chi connectivity index (χ4v) is 3.95. The summed E-state index contributed by atoms with van der Waals surface area (Å²) in [6.07, 6.45) is 4.94. The molecule has 96 valence electrons. The molecular formula is C14H15Cl2NO. The highest BCUT2D eigenvalue weighted by Gasteiger charge is 2.40. The van der Waals surface area contributed by atoms with Crippen molar-refractivity contribution in [2.24, 2.45) is 11.8 Å². The lowest BCUT2D eigenvalue weighted by atomic mass is 9.95. The number of nitrogens with one attached hydrogen (secondary N) is 1. The Hall–Kier alpha value is -0.730. The lowest BCUT2D eigenvalue weighted by Gasteiger charge is -2.23. The predicted molar refractivity (Wildman–Crippen MR) is 73.2 cm³/mol. The van der Waals surface area contributed by atoms with Crippen LogP contribution in [0.4, 0.5) is 0 Å². The van der Waals surface area contributed by atoms with Gasteiger partial charge in [-0.2, -0.15) is 0 Å². The molecule has 0 aliphatic heterocycles. The van der Waals surface area contributed by atoms with Gasteiger partial charge in [0.15, 0.2) is 0 Å². The van der Waals surface area contributed by atoms with Crippen molar-refractivity contribution in [2.75, 3.05) is 0 Å². The van der Waals surface area contributed by atoms with E-state index in [0.29, 0.717) is 27.6 Å². The Labute approximate surface area is 117 Å². The molecule has 0 heterocycles. The summed E-state index contributed by atoms with van der Waals surface area (Å²) in [5, 5.41) is 3.94. The van der Waals surface area contributed by atoms with Gasteiger partial charge >= 0.3 is 0 Å². The number of carbonyl (C=O) groups excluding carboxylic acids is 1. The first-order valence-corrected chi connectivity index (χ1v) is 7.15. The summed E-state index contributed by atoms with van der Waals surface area (Å²) in [4.78, 5) is 12.2. The maximum Gasteiger partial charge on any atom is 0.254 e. The van der Waals surface area contributed by atoms with Crippen LogP contribution in [0.1, 0.15) is 36.0 Å². The third kappa shape index (κ3) is 2.12. The van der Waals surface area contributed by atoms with Crippen LogP contribution < -0.4 is 5.32 Å². The van der Waals surface area contributed by atoms with Crippen LogP contribution in [0.3, 0.4) is 0 Å². The SMILES string of the molecule is O=C(N[C@H]1C[C@H]2CC[C@H]1C2)c1c(Cl)cccc1Cl. The third-order valence-electron chi connectivity index (χ3n) is 4.24. The van der Waals surface area contributed by atoms with Crippen LogP contribution in [0.15, 0.2) is 18.2 Å². The molecule has 3 rings (SSSR count). The van der Waals surface area contributed by atoms with Gasteiger partial charge in [-0.05, 0) is 43.2 Å². The number of hydrogen-bond acceptors (Lipinski definition) is 1. The molecule has 2 nitrogen and oxygen atoms in total. The fourth-order valence-electron chi connectivity index (χ4n) is 3.38. The van der Waals surface area contributed by atoms with Crippen molar-refractivity contribution in [3.05, 3.63) is 33.8 Å². The van der Waals surface area contributed by atoms with Gasteiger partial charge in [-0.15, -0.1) is 0 Å². The minimum Gasteiger partial charge on any atom is -0.349 e. The summed E-state index contributed by atoms with van der Waals surface area (Å²) in [6.45, 7) is 0. The number of fused-ring (bicyclic) bond motifs is 2. The first kappa shape index (κ1) is 12.3. The van der Waals surface area contributed by atoms with Gasteiger partial charge in [0.05, 0.1) is 15.6 Å². The average Bonchev–Trinajstić information content (AvgIpc) is 2.90. The van der Waals surface area contributed by atoms with Gasteiger partial charge in [-0.3, -0.25) is 4.79 Å². The Morgan fingerprint density at radius 1 is 1.17 bits per heavy atom. The van der Waals surface area contributed by atoms with E-state index in [4.69, 9.17) is 23.2 Å². The zero-order chi connectivity index (χ0) is 12.7. The number of benzene rings is 1. The van der Waals surface area contributed by atoms with E-state index < -0.39 is 0 Å². The molecule has 4 heteroatoms. The Balaban J connectivity index is 1.75. The van der Waals surface area contributed by atoms with Gasteiger partial charge in [0.2, 0.25) is 0 Å². The molecule has 1 aromatic rings. The highest BCUT2D eigenvalue weighted by atomic mass is 35.5. The van der Waals surface area contributed by atoms with Gasteiger partial charge in [0.1, 0.15) is 0 Å². The Bertz CT molecular complexity index is 468. The Kier molecular flexibility index (Phi) is 3.25. The van der Waals surface area contributed by atoms with E-state index in [0.717, 1.165) is 12.3 Å². The summed E-state index contributed by atoms with van der Waals surface area (Å²) >= 11 is 12.1. The van der Waals surface area contributed by atoms with Gasteiger partial charge in [0.25, 0.3) is 5.91 Å². The minimum atomic E-state index is -0.136. The average molecular weight is 284 g/mol. The van der Waals surface area contributed by atoms with Crippen molar-refractivity contribution >= 4 is 29.1 Å². The molecule has 2 bridgehead atoms. The van der Waals surface area contributed by atoms with Crippen LogP contribution in [0.2, 0.25) is 10.0 Å². The second-order valence-corrected chi connectivity index (χ2v) is 6.17. The molecule has 0 saturated heterocycles. The topological polar surface area (TPSA) is 29.1 Å². The summed E-state index contributed by atoms with van der Waals surface area (Å²) in [6, 6.07) is 5.45. The van der Waals surface area contributed by atoms with E-state index in [1.807, 2.05) is 0 Å². The summed E-state index contributed by atoms with van der Waals surface area (Å²) in [7, 11) is 0. The molecular weight excluding hydrogens is 269 g/mol. The fraction of sp³-hybridized carbons (Fsp3) is 0.500. The molecule has 1 amide bonds. The van der Waals surface area contributed by atoms with Crippen molar-refractivity contribution in [1.82, 2.24) is 5.32 Å². The predicted octanol–water partition coefficient (Wildman–Crippen LogP) is 3.91. The normalized spacial score (nSPS) is 29.6. The second kappa shape index (κ2) is 4.75. The zero-order valence-corrected chi connectivity index (χ0v) is 11.5. The highest BCUT2D eigenvalue weighted by Crippen LogP contribution is 2.44. The number of hydrogen-bond donors (Lipinski definition) is 1. The van der Waals surface area contributed by atoms with E-state index in [9.17, 15) is 4.79 Å². The van der Waals surface area contributed by atoms with Gasteiger partial charge < -0.3 is 5.32 Å². The molecule has 0 radical (unpaired) electrons. The maximum atomic E-state index is 12.2. The zero-order valence-electron chi connectivity index (χ0n) is 9.96.